The average Bonchev–Trinajstić information content (AvgIpc) is 3.27. The second kappa shape index (κ2) is 20.1. The molecular formula is C51H52O6. The van der Waals surface area contributed by atoms with Gasteiger partial charge in [-0.05, 0) is 81.6 Å². The minimum atomic E-state index is -0.586. The van der Waals surface area contributed by atoms with Crippen LogP contribution in [0.25, 0.3) is 0 Å². The molecular weight excluding hydrogens is 709 g/mol. The van der Waals surface area contributed by atoms with Crippen LogP contribution in [-0.2, 0) is 58.2 Å². The van der Waals surface area contributed by atoms with Gasteiger partial charge in [0.15, 0.2) is 0 Å². The average molecular weight is 761 g/mol. The molecule has 1 saturated heterocycles. The van der Waals surface area contributed by atoms with Crippen LogP contribution in [0, 0.1) is 0 Å². The van der Waals surface area contributed by atoms with Crippen molar-refractivity contribution in [1.29, 1.82) is 0 Å². The maximum atomic E-state index is 7.18. The van der Waals surface area contributed by atoms with E-state index >= 15 is 0 Å². The van der Waals surface area contributed by atoms with Gasteiger partial charge in [-0.3, -0.25) is 0 Å². The minimum Gasteiger partial charge on any atom is -0.497 e. The van der Waals surface area contributed by atoms with E-state index in [-0.39, 0.29) is 0 Å². The second-order valence-corrected chi connectivity index (χ2v) is 14.4. The van der Waals surface area contributed by atoms with Gasteiger partial charge in [0.25, 0.3) is 0 Å². The van der Waals surface area contributed by atoms with Crippen LogP contribution < -0.4 is 9.47 Å². The minimum absolute atomic E-state index is 0.298. The van der Waals surface area contributed by atoms with E-state index in [4.69, 9.17) is 28.4 Å². The van der Waals surface area contributed by atoms with Gasteiger partial charge in [-0.2, -0.15) is 0 Å². The van der Waals surface area contributed by atoms with Crippen LogP contribution in [0.1, 0.15) is 57.5 Å². The van der Waals surface area contributed by atoms with Crippen LogP contribution in [0.2, 0.25) is 0 Å². The number of rotatable bonds is 18. The topological polar surface area (TPSA) is 55.4 Å². The van der Waals surface area contributed by atoms with E-state index in [1.165, 1.54) is 16.7 Å². The molecule has 1 aliphatic heterocycles. The van der Waals surface area contributed by atoms with Crippen molar-refractivity contribution in [3.05, 3.63) is 214 Å². The molecule has 0 aliphatic carbocycles. The molecule has 0 bridgehead atoms. The van der Waals surface area contributed by atoms with E-state index in [0.717, 1.165) is 57.7 Å². The fourth-order valence-corrected chi connectivity index (χ4v) is 7.28. The Balaban J connectivity index is 1.30. The van der Waals surface area contributed by atoms with E-state index in [9.17, 15) is 0 Å². The van der Waals surface area contributed by atoms with Gasteiger partial charge in [-0.25, -0.2) is 0 Å². The van der Waals surface area contributed by atoms with E-state index in [1.807, 2.05) is 84.9 Å². The summed E-state index contributed by atoms with van der Waals surface area (Å²) in [4.78, 5) is 0. The second-order valence-electron chi connectivity index (χ2n) is 14.4. The molecule has 0 saturated carbocycles. The summed E-state index contributed by atoms with van der Waals surface area (Å²) in [5.74, 6) is 1.59. The van der Waals surface area contributed by atoms with Crippen molar-refractivity contribution in [2.45, 2.75) is 70.6 Å². The fraction of sp³-hybridized carbons (Fsp3) is 0.255. The third-order valence-electron chi connectivity index (χ3n) is 10.4. The lowest BCUT2D eigenvalue weighted by Crippen LogP contribution is -2.49. The Bertz CT molecular complexity index is 2120. The monoisotopic (exact) mass is 760 g/mol. The lowest BCUT2D eigenvalue weighted by atomic mass is 9.86. The predicted molar refractivity (Wildman–Crippen MR) is 225 cm³/mol. The number of hydrogen-bond acceptors (Lipinski definition) is 6. The van der Waals surface area contributed by atoms with E-state index in [2.05, 4.69) is 86.3 Å². The summed E-state index contributed by atoms with van der Waals surface area (Å²) in [6.45, 7) is 8.70. The van der Waals surface area contributed by atoms with Gasteiger partial charge in [0.2, 0.25) is 0 Å². The molecule has 1 aliphatic rings. The SMILES string of the molecule is C=C1[C@@H](COCc2ccccc2)O[C@@H](c2cc(Cc3ccc(OC)cc3)c(CC)cc2OCc2ccccc2)[C@H](OCc2ccccc2)[C@H]1OCc1ccccc1. The quantitative estimate of drug-likeness (QED) is 0.0813. The first-order valence-corrected chi connectivity index (χ1v) is 19.8. The third-order valence-corrected chi connectivity index (χ3v) is 10.4. The highest BCUT2D eigenvalue weighted by molar-refractivity contribution is 5.47. The zero-order chi connectivity index (χ0) is 39.2. The first-order chi connectivity index (χ1) is 28.1. The van der Waals surface area contributed by atoms with Gasteiger partial charge < -0.3 is 28.4 Å². The lowest BCUT2D eigenvalue weighted by molar-refractivity contribution is -0.191. The van der Waals surface area contributed by atoms with Crippen LogP contribution in [0.4, 0.5) is 0 Å². The van der Waals surface area contributed by atoms with Gasteiger partial charge in [-0.15, -0.1) is 0 Å². The highest BCUT2D eigenvalue weighted by Gasteiger charge is 2.45. The first kappa shape index (κ1) is 39.7. The molecule has 0 aromatic heterocycles. The van der Waals surface area contributed by atoms with Crippen LogP contribution in [0.5, 0.6) is 11.5 Å². The molecule has 1 fully saturated rings. The van der Waals surface area contributed by atoms with Crippen molar-refractivity contribution in [3.63, 3.8) is 0 Å². The van der Waals surface area contributed by atoms with Crippen molar-refractivity contribution >= 4 is 0 Å². The predicted octanol–water partition coefficient (Wildman–Crippen LogP) is 10.8. The molecule has 57 heavy (non-hydrogen) atoms. The van der Waals surface area contributed by atoms with Gasteiger partial charge in [0.05, 0.1) is 33.5 Å². The van der Waals surface area contributed by atoms with Gasteiger partial charge >= 0.3 is 0 Å². The van der Waals surface area contributed by atoms with Crippen LogP contribution in [0.15, 0.2) is 170 Å². The standard InChI is InChI=1S/C51H52O6/c1-4-43-31-47(54-33-40-19-11-6-12-20-40)46(30-44(43)29-38-25-27-45(52-3)28-26-38)50-51(56-35-42-23-15-8-16-24-42)49(55-34-41-21-13-7-14-22-41)37(2)48(57-50)36-53-32-39-17-9-5-10-18-39/h5-28,30-31,48-51H,2,4,29,32-36H2,1,3H3/t48-,49+,50+,51-/m1/s1. The van der Waals surface area contributed by atoms with Crippen LogP contribution >= 0.6 is 0 Å². The Morgan fingerprint density at radius 3 is 1.68 bits per heavy atom. The third kappa shape index (κ3) is 10.7. The fourth-order valence-electron chi connectivity index (χ4n) is 7.28. The summed E-state index contributed by atoms with van der Waals surface area (Å²) in [7, 11) is 1.69. The van der Waals surface area contributed by atoms with Crippen LogP contribution in [-0.4, -0.2) is 32.0 Å². The van der Waals surface area contributed by atoms with Gasteiger partial charge in [-0.1, -0.05) is 147 Å². The number of benzene rings is 6. The van der Waals surface area contributed by atoms with Crippen molar-refractivity contribution in [2.75, 3.05) is 13.7 Å². The van der Waals surface area contributed by atoms with Gasteiger partial charge in [0.1, 0.15) is 42.5 Å². The van der Waals surface area contributed by atoms with E-state index in [0.29, 0.717) is 33.0 Å². The molecule has 4 atom stereocenters. The Morgan fingerprint density at radius 1 is 0.579 bits per heavy atom. The molecule has 0 spiro atoms. The molecule has 6 aromatic carbocycles. The Morgan fingerprint density at radius 2 is 1.12 bits per heavy atom. The normalized spacial score (nSPS) is 18.0. The maximum Gasteiger partial charge on any atom is 0.126 e. The summed E-state index contributed by atoms with van der Waals surface area (Å²) >= 11 is 0. The highest BCUT2D eigenvalue weighted by atomic mass is 16.6. The molecule has 0 unspecified atom stereocenters. The smallest absolute Gasteiger partial charge is 0.126 e. The zero-order valence-corrected chi connectivity index (χ0v) is 32.9. The van der Waals surface area contributed by atoms with Crippen molar-refractivity contribution in [2.24, 2.45) is 0 Å². The van der Waals surface area contributed by atoms with E-state index in [1.54, 1.807) is 7.11 Å². The molecule has 6 nitrogen and oxygen atoms in total. The molecule has 0 N–H and O–H groups in total. The summed E-state index contributed by atoms with van der Waals surface area (Å²) in [5.41, 5.74) is 9.55. The molecule has 6 heteroatoms. The van der Waals surface area contributed by atoms with E-state index < -0.39 is 24.4 Å². The first-order valence-electron chi connectivity index (χ1n) is 19.8. The number of methoxy groups -OCH3 is 1. The number of hydrogen-bond donors (Lipinski definition) is 0. The van der Waals surface area contributed by atoms with Crippen molar-refractivity contribution in [3.8, 4) is 11.5 Å². The molecule has 6 aromatic rings. The molecule has 0 radical (unpaired) electrons. The number of ether oxygens (including phenoxy) is 6. The molecule has 7 rings (SSSR count). The van der Waals surface area contributed by atoms with Crippen molar-refractivity contribution < 1.29 is 28.4 Å². The Hall–Kier alpha value is -5.50. The number of aryl methyl sites for hydroxylation is 1. The summed E-state index contributed by atoms with van der Waals surface area (Å²) < 4.78 is 39.6. The summed E-state index contributed by atoms with van der Waals surface area (Å²) in [6.07, 6.45) is -0.581. The molecule has 1 heterocycles. The molecule has 0 amide bonds. The lowest BCUT2D eigenvalue weighted by Gasteiger charge is -2.43. The van der Waals surface area contributed by atoms with Gasteiger partial charge in [0, 0.05) is 5.56 Å². The molecule has 292 valence electrons. The maximum absolute atomic E-state index is 7.18. The highest BCUT2D eigenvalue weighted by Crippen LogP contribution is 2.43. The zero-order valence-electron chi connectivity index (χ0n) is 32.9. The summed E-state index contributed by atoms with van der Waals surface area (Å²) in [5, 5.41) is 0. The Kier molecular flexibility index (Phi) is 14.0. The van der Waals surface area contributed by atoms with Crippen molar-refractivity contribution in [1.82, 2.24) is 0 Å². The summed E-state index contributed by atoms with van der Waals surface area (Å²) in [6, 6.07) is 53.6. The largest absolute Gasteiger partial charge is 0.497 e. The Labute approximate surface area is 337 Å². The van der Waals surface area contributed by atoms with Crippen LogP contribution in [0.3, 0.4) is 0 Å².